The summed E-state index contributed by atoms with van der Waals surface area (Å²) < 4.78 is 29.6. The quantitative estimate of drug-likeness (QED) is 0.712. The highest BCUT2D eigenvalue weighted by Gasteiger charge is 2.43. The molecule has 4 heterocycles. The first-order valence-electron chi connectivity index (χ1n) is 8.87. The van der Waals surface area contributed by atoms with Crippen LogP contribution in [0.1, 0.15) is 42.6 Å². The van der Waals surface area contributed by atoms with Gasteiger partial charge in [0.1, 0.15) is 29.0 Å². The highest BCUT2D eigenvalue weighted by Crippen LogP contribution is 2.55. The third-order valence-electron chi connectivity index (χ3n) is 5.45. The van der Waals surface area contributed by atoms with Gasteiger partial charge in [-0.1, -0.05) is 0 Å². The Morgan fingerprint density at radius 1 is 0.923 bits per heavy atom. The van der Waals surface area contributed by atoms with Crippen molar-refractivity contribution < 1.29 is 23.7 Å². The first-order valence-corrected chi connectivity index (χ1v) is 8.87. The molecule has 0 N–H and O–H groups in total. The van der Waals surface area contributed by atoms with Crippen molar-refractivity contribution in [1.82, 2.24) is 0 Å². The van der Waals surface area contributed by atoms with Crippen LogP contribution in [0.5, 0.6) is 28.7 Å². The molecule has 132 valence electrons. The fourth-order valence-electron chi connectivity index (χ4n) is 4.18. The van der Waals surface area contributed by atoms with E-state index >= 15 is 0 Å². The largest absolute Gasteiger partial charge is 0.492 e. The Morgan fingerprint density at radius 3 is 2.65 bits per heavy atom. The highest BCUT2D eigenvalue weighted by molar-refractivity contribution is 5.70. The summed E-state index contributed by atoms with van der Waals surface area (Å²) in [6.45, 7) is 4.92. The van der Waals surface area contributed by atoms with Crippen molar-refractivity contribution in [3.63, 3.8) is 0 Å². The Kier molecular flexibility index (Phi) is 2.58. The van der Waals surface area contributed by atoms with Crippen LogP contribution in [0.4, 0.5) is 0 Å². The smallest absolute Gasteiger partial charge is 0.231 e. The van der Waals surface area contributed by atoms with Crippen LogP contribution >= 0.6 is 0 Å². The Morgan fingerprint density at radius 2 is 1.77 bits per heavy atom. The number of ether oxygens (including phenoxy) is 5. The number of fused-ring (bicyclic) bond motifs is 8. The Balaban J connectivity index is 1.44. The Bertz CT molecular complexity index is 975. The molecule has 0 saturated carbocycles. The molecule has 2 unspecified atom stereocenters. The van der Waals surface area contributed by atoms with E-state index in [2.05, 4.69) is 18.2 Å². The Labute approximate surface area is 151 Å². The third kappa shape index (κ3) is 1.86. The zero-order chi connectivity index (χ0) is 17.5. The van der Waals surface area contributed by atoms with Crippen LogP contribution in [0, 0.1) is 0 Å². The van der Waals surface area contributed by atoms with Crippen LogP contribution in [0.25, 0.3) is 6.08 Å². The van der Waals surface area contributed by atoms with E-state index in [1.807, 2.05) is 32.0 Å². The number of hydrogen-bond donors (Lipinski definition) is 0. The van der Waals surface area contributed by atoms with Crippen molar-refractivity contribution in [2.24, 2.45) is 0 Å². The number of rotatable bonds is 0. The van der Waals surface area contributed by atoms with E-state index in [9.17, 15) is 0 Å². The molecule has 0 amide bonds. The van der Waals surface area contributed by atoms with Crippen molar-refractivity contribution in [2.45, 2.75) is 31.5 Å². The molecule has 0 radical (unpaired) electrons. The lowest BCUT2D eigenvalue weighted by atomic mass is 9.87. The average molecular weight is 350 g/mol. The van der Waals surface area contributed by atoms with Gasteiger partial charge in [-0.15, -0.1) is 0 Å². The minimum absolute atomic E-state index is 0.0649. The second kappa shape index (κ2) is 4.67. The third-order valence-corrected chi connectivity index (χ3v) is 5.45. The standard InChI is InChI=1S/C21H18O5/c1-21(2)6-5-11-15(26-21)4-3-12-19(11)22-9-14-13-7-17-18(24-10-23-17)8-16(13)25-20(12)14/h3-8,14,20H,9-10H2,1-2H3. The molecule has 2 aromatic rings. The first-order chi connectivity index (χ1) is 12.6. The second-order valence-corrected chi connectivity index (χ2v) is 7.63. The second-order valence-electron chi connectivity index (χ2n) is 7.63. The van der Waals surface area contributed by atoms with E-state index in [0.29, 0.717) is 6.61 Å². The zero-order valence-corrected chi connectivity index (χ0v) is 14.6. The minimum atomic E-state index is -0.306. The van der Waals surface area contributed by atoms with Crippen LogP contribution < -0.4 is 23.7 Å². The molecule has 26 heavy (non-hydrogen) atoms. The molecule has 5 heteroatoms. The van der Waals surface area contributed by atoms with Gasteiger partial charge in [-0.2, -0.15) is 0 Å². The van der Waals surface area contributed by atoms with Crippen LogP contribution in [-0.2, 0) is 0 Å². The molecule has 6 rings (SSSR count). The summed E-state index contributed by atoms with van der Waals surface area (Å²) in [5.41, 5.74) is 2.87. The fraction of sp³-hybridized carbons (Fsp3) is 0.333. The molecule has 0 spiro atoms. The topological polar surface area (TPSA) is 46.2 Å². The molecule has 2 atom stereocenters. The normalized spacial score (nSPS) is 25.2. The molecule has 4 aliphatic heterocycles. The molecule has 4 aliphatic rings. The maximum Gasteiger partial charge on any atom is 0.231 e. The van der Waals surface area contributed by atoms with E-state index < -0.39 is 0 Å². The SMILES string of the molecule is CC1(C)C=Cc2c(ccc3c2OCC2c4cc5c(cc4OC32)OCO5)O1. The minimum Gasteiger partial charge on any atom is -0.492 e. The van der Waals surface area contributed by atoms with Gasteiger partial charge < -0.3 is 23.7 Å². The lowest BCUT2D eigenvalue weighted by Crippen LogP contribution is -2.29. The van der Waals surface area contributed by atoms with Gasteiger partial charge in [-0.3, -0.25) is 0 Å². The van der Waals surface area contributed by atoms with Crippen LogP contribution in [0.2, 0.25) is 0 Å². The summed E-state index contributed by atoms with van der Waals surface area (Å²) in [5, 5.41) is 0. The summed E-state index contributed by atoms with van der Waals surface area (Å²) in [7, 11) is 0. The fourth-order valence-corrected chi connectivity index (χ4v) is 4.18. The average Bonchev–Trinajstić information content (AvgIpc) is 3.21. The Hall–Kier alpha value is -2.82. The first kappa shape index (κ1) is 14.4. The van der Waals surface area contributed by atoms with Crippen molar-refractivity contribution in [3.8, 4) is 28.7 Å². The van der Waals surface area contributed by atoms with Gasteiger partial charge in [0, 0.05) is 17.2 Å². The summed E-state index contributed by atoms with van der Waals surface area (Å²) in [6.07, 6.45) is 4.09. The van der Waals surface area contributed by atoms with Gasteiger partial charge in [-0.25, -0.2) is 0 Å². The molecular weight excluding hydrogens is 332 g/mol. The molecule has 0 aliphatic carbocycles. The van der Waals surface area contributed by atoms with Gasteiger partial charge in [0.15, 0.2) is 11.5 Å². The van der Waals surface area contributed by atoms with Crippen molar-refractivity contribution in [1.29, 1.82) is 0 Å². The maximum absolute atomic E-state index is 6.31. The maximum atomic E-state index is 6.31. The summed E-state index contributed by atoms with van der Waals surface area (Å²) in [4.78, 5) is 0. The lowest BCUT2D eigenvalue weighted by Gasteiger charge is -2.33. The van der Waals surface area contributed by atoms with Gasteiger partial charge >= 0.3 is 0 Å². The van der Waals surface area contributed by atoms with Gasteiger partial charge in [-0.05, 0) is 44.2 Å². The van der Waals surface area contributed by atoms with Gasteiger partial charge in [0.2, 0.25) is 6.79 Å². The predicted octanol–water partition coefficient (Wildman–Crippen LogP) is 4.21. The van der Waals surface area contributed by atoms with Crippen LogP contribution in [0.3, 0.4) is 0 Å². The van der Waals surface area contributed by atoms with E-state index in [1.165, 1.54) is 0 Å². The molecule has 0 bridgehead atoms. The molecule has 0 saturated heterocycles. The molecule has 2 aromatic carbocycles. The van der Waals surface area contributed by atoms with Crippen molar-refractivity contribution in [3.05, 3.63) is 47.0 Å². The van der Waals surface area contributed by atoms with Crippen LogP contribution in [0.15, 0.2) is 30.3 Å². The summed E-state index contributed by atoms with van der Waals surface area (Å²) in [5.74, 6) is 4.24. The van der Waals surface area contributed by atoms with Gasteiger partial charge in [0.25, 0.3) is 0 Å². The molecule has 0 fully saturated rings. The lowest BCUT2D eigenvalue weighted by molar-refractivity contribution is 0.133. The van der Waals surface area contributed by atoms with E-state index in [0.717, 1.165) is 45.4 Å². The number of benzene rings is 2. The van der Waals surface area contributed by atoms with Crippen LogP contribution in [-0.4, -0.2) is 19.0 Å². The number of hydrogen-bond acceptors (Lipinski definition) is 5. The van der Waals surface area contributed by atoms with E-state index in [4.69, 9.17) is 23.7 Å². The van der Waals surface area contributed by atoms with Crippen molar-refractivity contribution in [2.75, 3.05) is 13.4 Å². The molecule has 0 aromatic heterocycles. The van der Waals surface area contributed by atoms with Gasteiger partial charge in [0.05, 0.1) is 18.1 Å². The van der Waals surface area contributed by atoms with E-state index in [1.54, 1.807) is 0 Å². The van der Waals surface area contributed by atoms with E-state index in [-0.39, 0.29) is 24.4 Å². The van der Waals surface area contributed by atoms with Crippen molar-refractivity contribution >= 4 is 6.08 Å². The molecular formula is C21H18O5. The predicted molar refractivity (Wildman–Crippen MR) is 94.4 cm³/mol. The zero-order valence-electron chi connectivity index (χ0n) is 14.6. The summed E-state index contributed by atoms with van der Waals surface area (Å²) >= 11 is 0. The summed E-state index contributed by atoms with van der Waals surface area (Å²) in [6, 6.07) is 8.04. The molecule has 5 nitrogen and oxygen atoms in total. The monoisotopic (exact) mass is 350 g/mol. The highest BCUT2D eigenvalue weighted by atomic mass is 16.7.